The van der Waals surface area contributed by atoms with Gasteiger partial charge < -0.3 is 5.32 Å². The first-order valence-corrected chi connectivity index (χ1v) is 9.78. The maximum atomic E-state index is 12.5. The lowest BCUT2D eigenvalue weighted by Gasteiger charge is -2.20. The number of amides is 2. The van der Waals surface area contributed by atoms with Crippen LogP contribution in [0.25, 0.3) is 0 Å². The molecule has 1 aromatic heterocycles. The van der Waals surface area contributed by atoms with Gasteiger partial charge in [-0.2, -0.15) is 0 Å². The molecule has 0 spiro atoms. The Hall–Kier alpha value is -1.25. The highest BCUT2D eigenvalue weighted by atomic mass is 35.5. The number of carbonyl (C=O) groups excluding carboxylic acids is 2. The monoisotopic (exact) mass is 449 g/mol. The van der Waals surface area contributed by atoms with E-state index in [1.807, 2.05) is 13.8 Å². The number of nitrogens with one attached hydrogen (secondary N) is 2. The molecular weight excluding hydrogens is 437 g/mol. The van der Waals surface area contributed by atoms with Gasteiger partial charge in [0, 0.05) is 11.1 Å². The standard InChI is InChI=1S/C16H14Cl3N3O2S2/c1-7(2)10-6-20-16(26-10)22-14(23)8-4-3-5-9(12(8)25)21-15(24)11(17)13(18)19/h3-7,9H,1-2H3,(H,21,24)(H,20,22,23). The second-order valence-corrected chi connectivity index (χ2v) is 8.36. The number of hydrogen-bond acceptors (Lipinski definition) is 5. The Kier molecular flexibility index (Phi) is 7.37. The Morgan fingerprint density at radius 1 is 1.31 bits per heavy atom. The van der Waals surface area contributed by atoms with Crippen molar-refractivity contribution in [2.75, 3.05) is 5.32 Å². The molecule has 2 N–H and O–H groups in total. The van der Waals surface area contributed by atoms with Crippen molar-refractivity contribution in [3.05, 3.63) is 44.4 Å². The lowest BCUT2D eigenvalue weighted by atomic mass is 9.99. The van der Waals surface area contributed by atoms with Gasteiger partial charge in [-0.3, -0.25) is 14.9 Å². The van der Waals surface area contributed by atoms with Gasteiger partial charge in [-0.15, -0.1) is 11.3 Å². The van der Waals surface area contributed by atoms with Crippen molar-refractivity contribution >= 4 is 80.2 Å². The third-order valence-corrected chi connectivity index (χ3v) is 5.94. The first-order chi connectivity index (χ1) is 12.2. The van der Waals surface area contributed by atoms with Crippen molar-refractivity contribution in [3.63, 3.8) is 0 Å². The van der Waals surface area contributed by atoms with Crippen LogP contribution in [0.3, 0.4) is 0 Å². The van der Waals surface area contributed by atoms with E-state index < -0.39 is 17.9 Å². The largest absolute Gasteiger partial charge is 0.340 e. The fourth-order valence-corrected chi connectivity index (χ4v) is 3.31. The summed E-state index contributed by atoms with van der Waals surface area (Å²) in [5.74, 6) is -0.769. The molecule has 0 radical (unpaired) electrons. The van der Waals surface area contributed by atoms with Gasteiger partial charge in [0.1, 0.15) is 9.52 Å². The highest BCUT2D eigenvalue weighted by molar-refractivity contribution is 7.81. The van der Waals surface area contributed by atoms with Crippen LogP contribution in [0, 0.1) is 0 Å². The molecule has 138 valence electrons. The van der Waals surface area contributed by atoms with Gasteiger partial charge >= 0.3 is 0 Å². The van der Waals surface area contributed by atoms with Crippen LogP contribution in [0.1, 0.15) is 24.6 Å². The zero-order chi connectivity index (χ0) is 19.4. The zero-order valence-electron chi connectivity index (χ0n) is 13.7. The van der Waals surface area contributed by atoms with Gasteiger partial charge in [0.25, 0.3) is 11.8 Å². The van der Waals surface area contributed by atoms with Crippen LogP contribution in [-0.2, 0) is 9.59 Å². The first kappa shape index (κ1) is 21.1. The Labute approximate surface area is 175 Å². The fraction of sp³-hybridized carbons (Fsp3) is 0.250. The molecule has 1 atom stereocenters. The lowest BCUT2D eigenvalue weighted by molar-refractivity contribution is -0.117. The van der Waals surface area contributed by atoms with E-state index in [-0.39, 0.29) is 20.0 Å². The lowest BCUT2D eigenvalue weighted by Crippen LogP contribution is -2.42. The van der Waals surface area contributed by atoms with Crippen molar-refractivity contribution in [2.45, 2.75) is 25.8 Å². The molecule has 1 aliphatic rings. The molecule has 1 unspecified atom stereocenters. The van der Waals surface area contributed by atoms with Crippen LogP contribution < -0.4 is 10.6 Å². The summed E-state index contributed by atoms with van der Waals surface area (Å²) in [7, 11) is 0. The maximum Gasteiger partial charge on any atom is 0.266 e. The number of thiocarbonyl (C=S) groups is 1. The Bertz CT molecular complexity index is 840. The van der Waals surface area contributed by atoms with E-state index in [1.165, 1.54) is 11.3 Å². The van der Waals surface area contributed by atoms with Crippen molar-refractivity contribution in [1.29, 1.82) is 0 Å². The highest BCUT2D eigenvalue weighted by Crippen LogP contribution is 2.26. The molecule has 0 bridgehead atoms. The summed E-state index contributed by atoms with van der Waals surface area (Å²) in [6.07, 6.45) is 6.55. The average Bonchev–Trinajstić information content (AvgIpc) is 3.04. The topological polar surface area (TPSA) is 71.1 Å². The number of nitrogens with zero attached hydrogens (tertiary/aromatic N) is 1. The normalized spacial score (nSPS) is 16.3. The molecule has 0 aromatic carbocycles. The van der Waals surface area contributed by atoms with Crippen molar-refractivity contribution in [1.82, 2.24) is 10.3 Å². The van der Waals surface area contributed by atoms with E-state index in [1.54, 1.807) is 24.4 Å². The smallest absolute Gasteiger partial charge is 0.266 e. The molecule has 0 saturated heterocycles. The molecule has 0 saturated carbocycles. The van der Waals surface area contributed by atoms with E-state index in [4.69, 9.17) is 47.0 Å². The molecule has 26 heavy (non-hydrogen) atoms. The van der Waals surface area contributed by atoms with Crippen LogP contribution in [0.5, 0.6) is 0 Å². The Balaban J connectivity index is 2.08. The number of anilines is 1. The number of thiazole rings is 1. The first-order valence-electron chi connectivity index (χ1n) is 7.42. The van der Waals surface area contributed by atoms with Crippen molar-refractivity contribution in [3.8, 4) is 0 Å². The van der Waals surface area contributed by atoms with Crippen LogP contribution in [0.4, 0.5) is 5.13 Å². The van der Waals surface area contributed by atoms with Gasteiger partial charge in [0.15, 0.2) is 5.13 Å². The molecule has 2 rings (SSSR count). The van der Waals surface area contributed by atoms with Gasteiger partial charge in [-0.25, -0.2) is 4.98 Å². The molecule has 0 fully saturated rings. The minimum Gasteiger partial charge on any atom is -0.340 e. The molecule has 0 aliphatic heterocycles. The molecular formula is C16H14Cl3N3O2S2. The molecule has 1 aromatic rings. The third kappa shape index (κ3) is 5.14. The molecule has 5 nitrogen and oxygen atoms in total. The molecule has 10 heteroatoms. The van der Waals surface area contributed by atoms with Crippen molar-refractivity contribution in [2.24, 2.45) is 0 Å². The number of aromatic nitrogens is 1. The predicted octanol–water partition coefficient (Wildman–Crippen LogP) is 4.44. The number of hydrogen-bond donors (Lipinski definition) is 2. The minimum absolute atomic E-state index is 0.245. The fourth-order valence-electron chi connectivity index (χ4n) is 1.97. The Morgan fingerprint density at radius 2 is 2.00 bits per heavy atom. The number of allylic oxidation sites excluding steroid dienone is 2. The summed E-state index contributed by atoms with van der Waals surface area (Å²) in [6.45, 7) is 4.09. The van der Waals surface area contributed by atoms with Gasteiger partial charge in [0.05, 0.1) is 16.5 Å². The second kappa shape index (κ2) is 9.10. The number of rotatable bonds is 5. The molecule has 1 aliphatic carbocycles. The summed E-state index contributed by atoms with van der Waals surface area (Å²) in [5.41, 5.74) is 0.256. The van der Waals surface area contributed by atoms with Gasteiger partial charge in [0.2, 0.25) is 0 Å². The SMILES string of the molecule is CC(C)c1cnc(NC(=O)C2=CC=CC(NC(=O)C(Cl)=C(Cl)Cl)C2=S)s1. The summed E-state index contributed by atoms with van der Waals surface area (Å²) < 4.78 is -0.354. The zero-order valence-corrected chi connectivity index (χ0v) is 17.6. The summed E-state index contributed by atoms with van der Waals surface area (Å²) >= 11 is 23.4. The number of halogens is 3. The van der Waals surface area contributed by atoms with Crippen LogP contribution in [-0.4, -0.2) is 27.7 Å². The van der Waals surface area contributed by atoms with E-state index in [0.717, 1.165) is 4.88 Å². The highest BCUT2D eigenvalue weighted by Gasteiger charge is 2.26. The van der Waals surface area contributed by atoms with E-state index in [9.17, 15) is 9.59 Å². The predicted molar refractivity (Wildman–Crippen MR) is 111 cm³/mol. The van der Waals surface area contributed by atoms with E-state index in [2.05, 4.69) is 15.6 Å². The third-order valence-electron chi connectivity index (χ3n) is 3.32. The van der Waals surface area contributed by atoms with Crippen LogP contribution in [0.2, 0.25) is 0 Å². The molecule has 2 amide bonds. The van der Waals surface area contributed by atoms with Crippen molar-refractivity contribution < 1.29 is 9.59 Å². The Morgan fingerprint density at radius 3 is 2.58 bits per heavy atom. The van der Waals surface area contributed by atoms with Gasteiger partial charge in [-0.05, 0) is 12.0 Å². The van der Waals surface area contributed by atoms with Crippen LogP contribution >= 0.6 is 58.4 Å². The summed E-state index contributed by atoms with van der Waals surface area (Å²) in [6, 6.07) is -0.688. The quantitative estimate of drug-likeness (QED) is 0.514. The van der Waals surface area contributed by atoms with Crippen LogP contribution in [0.15, 0.2) is 39.5 Å². The second-order valence-electron chi connectivity index (χ2n) is 5.53. The van der Waals surface area contributed by atoms with Gasteiger partial charge in [-0.1, -0.05) is 73.0 Å². The van der Waals surface area contributed by atoms with E-state index >= 15 is 0 Å². The molecule has 1 heterocycles. The minimum atomic E-state index is -0.688. The summed E-state index contributed by atoms with van der Waals surface area (Å²) in [5, 5.41) is 5.41. The number of carbonyl (C=O) groups is 2. The summed E-state index contributed by atoms with van der Waals surface area (Å²) in [4.78, 5) is 29.9. The maximum absolute atomic E-state index is 12.5. The van der Waals surface area contributed by atoms with E-state index in [0.29, 0.717) is 11.0 Å². The average molecular weight is 451 g/mol.